The fourth-order valence-electron chi connectivity index (χ4n) is 2.00. The average Bonchev–Trinajstić information content (AvgIpc) is 2.52. The highest BCUT2D eigenvalue weighted by molar-refractivity contribution is 7.92. The number of anilines is 1. The first-order valence-electron chi connectivity index (χ1n) is 7.17. The molecular weight excluding hydrogens is 404 g/mol. The van der Waals surface area contributed by atoms with Gasteiger partial charge in [-0.1, -0.05) is 41.4 Å². The molecule has 0 saturated heterocycles. The molecule has 0 aliphatic rings. The van der Waals surface area contributed by atoms with Crippen molar-refractivity contribution in [1.82, 2.24) is 5.43 Å². The number of sulfonamides is 1. The number of hydrogen-bond donors (Lipinski definition) is 1. The van der Waals surface area contributed by atoms with Crippen molar-refractivity contribution >= 4 is 51.0 Å². The van der Waals surface area contributed by atoms with E-state index in [2.05, 4.69) is 10.5 Å². The second-order valence-electron chi connectivity index (χ2n) is 5.21. The number of benzene rings is 2. The Morgan fingerprint density at radius 3 is 2.42 bits per heavy atom. The summed E-state index contributed by atoms with van der Waals surface area (Å²) in [6, 6.07) is 10.0. The number of carbonyl (C=O) groups is 1. The molecule has 0 aliphatic heterocycles. The van der Waals surface area contributed by atoms with Gasteiger partial charge in [0.1, 0.15) is 12.4 Å². The van der Waals surface area contributed by atoms with Crippen LogP contribution < -0.4 is 9.73 Å². The molecule has 26 heavy (non-hydrogen) atoms. The summed E-state index contributed by atoms with van der Waals surface area (Å²) >= 11 is 11.8. The van der Waals surface area contributed by atoms with E-state index in [9.17, 15) is 17.6 Å². The first-order chi connectivity index (χ1) is 12.2. The van der Waals surface area contributed by atoms with Crippen LogP contribution in [0.5, 0.6) is 0 Å². The molecule has 2 aromatic carbocycles. The van der Waals surface area contributed by atoms with Crippen LogP contribution in [0.25, 0.3) is 0 Å². The van der Waals surface area contributed by atoms with E-state index in [-0.39, 0.29) is 21.3 Å². The predicted octanol–water partition coefficient (Wildman–Crippen LogP) is 3.05. The molecule has 0 aromatic heterocycles. The van der Waals surface area contributed by atoms with E-state index in [0.29, 0.717) is 0 Å². The molecule has 10 heteroatoms. The Labute approximate surface area is 160 Å². The fraction of sp³-hybridized carbons (Fsp3) is 0.125. The predicted molar refractivity (Wildman–Crippen MR) is 101 cm³/mol. The quantitative estimate of drug-likeness (QED) is 0.579. The van der Waals surface area contributed by atoms with Crippen molar-refractivity contribution in [3.8, 4) is 0 Å². The Hall–Kier alpha value is -2.16. The molecule has 0 heterocycles. The molecule has 0 fully saturated rings. The lowest BCUT2D eigenvalue weighted by Crippen LogP contribution is -2.39. The van der Waals surface area contributed by atoms with Gasteiger partial charge >= 0.3 is 0 Å². The molecule has 0 radical (unpaired) electrons. The monoisotopic (exact) mass is 417 g/mol. The maximum Gasteiger partial charge on any atom is 0.260 e. The van der Waals surface area contributed by atoms with Gasteiger partial charge in [0, 0.05) is 15.6 Å². The van der Waals surface area contributed by atoms with Crippen molar-refractivity contribution < 1.29 is 17.6 Å². The molecule has 0 spiro atoms. The zero-order valence-corrected chi connectivity index (χ0v) is 15.8. The highest BCUT2D eigenvalue weighted by Gasteiger charge is 2.21. The molecule has 2 aromatic rings. The van der Waals surface area contributed by atoms with Crippen LogP contribution in [0.1, 0.15) is 5.56 Å². The van der Waals surface area contributed by atoms with Crippen LogP contribution in [0, 0.1) is 5.82 Å². The lowest BCUT2D eigenvalue weighted by atomic mass is 10.2. The number of hydrazone groups is 1. The molecule has 0 aliphatic carbocycles. The third-order valence-electron chi connectivity index (χ3n) is 3.12. The number of carbonyl (C=O) groups excluding carboxylic acids is 1. The van der Waals surface area contributed by atoms with Crippen LogP contribution >= 0.6 is 23.2 Å². The highest BCUT2D eigenvalue weighted by atomic mass is 35.5. The van der Waals surface area contributed by atoms with Crippen molar-refractivity contribution in [2.45, 2.75) is 0 Å². The van der Waals surface area contributed by atoms with Crippen LogP contribution in [0.4, 0.5) is 10.1 Å². The van der Waals surface area contributed by atoms with Gasteiger partial charge in [-0.25, -0.2) is 18.2 Å². The summed E-state index contributed by atoms with van der Waals surface area (Å²) < 4.78 is 38.3. The molecule has 1 N–H and O–H groups in total. The molecule has 0 bridgehead atoms. The summed E-state index contributed by atoms with van der Waals surface area (Å²) in [5.41, 5.74) is 2.46. The van der Waals surface area contributed by atoms with E-state index >= 15 is 0 Å². The average molecular weight is 418 g/mol. The molecule has 6 nitrogen and oxygen atoms in total. The minimum absolute atomic E-state index is 0.137. The number of nitrogens with one attached hydrogen (secondary N) is 1. The first kappa shape index (κ1) is 20.2. The molecule has 138 valence electrons. The van der Waals surface area contributed by atoms with Crippen LogP contribution in [0.3, 0.4) is 0 Å². The zero-order valence-electron chi connectivity index (χ0n) is 13.5. The lowest BCUT2D eigenvalue weighted by molar-refractivity contribution is -0.119. The summed E-state index contributed by atoms with van der Waals surface area (Å²) in [6.07, 6.45) is 2.06. The Kier molecular flexibility index (Phi) is 6.57. The zero-order chi connectivity index (χ0) is 19.3. The molecule has 0 unspecified atom stereocenters. The van der Waals surface area contributed by atoms with Crippen molar-refractivity contribution in [1.29, 1.82) is 0 Å². The second-order valence-corrected chi connectivity index (χ2v) is 7.99. The summed E-state index contributed by atoms with van der Waals surface area (Å²) in [5.74, 6) is -1.23. The summed E-state index contributed by atoms with van der Waals surface area (Å²) in [6.45, 7) is -0.551. The van der Waals surface area contributed by atoms with Crippen molar-refractivity contribution in [2.24, 2.45) is 5.10 Å². The molecule has 0 atom stereocenters. The topological polar surface area (TPSA) is 78.8 Å². The van der Waals surface area contributed by atoms with Crippen LogP contribution in [-0.4, -0.2) is 33.3 Å². The third-order valence-corrected chi connectivity index (χ3v) is 4.70. The maximum atomic E-state index is 13.5. The van der Waals surface area contributed by atoms with Gasteiger partial charge in [0.15, 0.2) is 0 Å². The summed E-state index contributed by atoms with van der Waals surface area (Å²) in [7, 11) is -3.79. The Morgan fingerprint density at radius 2 is 1.85 bits per heavy atom. The van der Waals surface area contributed by atoms with Gasteiger partial charge in [0.05, 0.1) is 18.2 Å². The molecule has 1 amide bonds. The largest absolute Gasteiger partial charge is 0.271 e. The second kappa shape index (κ2) is 8.48. The fourth-order valence-corrected chi connectivity index (χ4v) is 3.36. The van der Waals surface area contributed by atoms with Crippen molar-refractivity contribution in [2.75, 3.05) is 17.1 Å². The van der Waals surface area contributed by atoms with Gasteiger partial charge in [-0.2, -0.15) is 5.10 Å². The highest BCUT2D eigenvalue weighted by Crippen LogP contribution is 2.26. The Morgan fingerprint density at radius 1 is 1.23 bits per heavy atom. The number of hydrogen-bond acceptors (Lipinski definition) is 4. The third kappa shape index (κ3) is 5.69. The minimum atomic E-state index is -3.79. The van der Waals surface area contributed by atoms with Crippen molar-refractivity contribution in [3.05, 3.63) is 63.9 Å². The molecular formula is C16H14Cl2FN3O3S. The number of nitrogens with zero attached hydrogens (tertiary/aromatic N) is 2. The van der Waals surface area contributed by atoms with E-state index in [4.69, 9.17) is 23.2 Å². The number of rotatable bonds is 6. The standard InChI is InChI=1S/C16H14Cl2FN3O3S/c1-26(24,25)22(14-7-12(17)6-13(18)8-14)10-16(23)21-20-9-11-4-2-3-5-15(11)19/h2-9H,10H2,1H3,(H,21,23)/b20-9-. The summed E-state index contributed by atoms with van der Waals surface area (Å²) in [5, 5.41) is 4.07. The molecule has 0 saturated carbocycles. The van der Waals surface area contributed by atoms with E-state index in [0.717, 1.165) is 16.8 Å². The smallest absolute Gasteiger partial charge is 0.260 e. The Balaban J connectivity index is 2.14. The van der Waals surface area contributed by atoms with Gasteiger partial charge in [-0.3, -0.25) is 9.10 Å². The maximum absolute atomic E-state index is 13.5. The first-order valence-corrected chi connectivity index (χ1v) is 9.77. The van der Waals surface area contributed by atoms with Gasteiger partial charge in [-0.15, -0.1) is 0 Å². The minimum Gasteiger partial charge on any atom is -0.271 e. The van der Waals surface area contributed by atoms with E-state index < -0.39 is 28.3 Å². The van der Waals surface area contributed by atoms with E-state index in [1.807, 2.05) is 0 Å². The number of amides is 1. The van der Waals surface area contributed by atoms with E-state index in [1.54, 1.807) is 6.07 Å². The van der Waals surface area contributed by atoms with Crippen LogP contribution in [0.2, 0.25) is 10.0 Å². The van der Waals surface area contributed by atoms with Crippen LogP contribution in [-0.2, 0) is 14.8 Å². The molecule has 2 rings (SSSR count). The summed E-state index contributed by atoms with van der Waals surface area (Å²) in [4.78, 5) is 12.0. The van der Waals surface area contributed by atoms with Gasteiger partial charge in [0.2, 0.25) is 10.0 Å². The van der Waals surface area contributed by atoms with Crippen molar-refractivity contribution in [3.63, 3.8) is 0 Å². The van der Waals surface area contributed by atoms with Gasteiger partial charge < -0.3 is 0 Å². The lowest BCUT2D eigenvalue weighted by Gasteiger charge is -2.21. The van der Waals surface area contributed by atoms with Gasteiger partial charge in [-0.05, 0) is 24.3 Å². The number of halogens is 3. The van der Waals surface area contributed by atoms with Gasteiger partial charge in [0.25, 0.3) is 5.91 Å². The van der Waals surface area contributed by atoms with E-state index in [1.165, 1.54) is 36.4 Å². The SMILES string of the molecule is CS(=O)(=O)N(CC(=O)N/N=C\c1ccccc1F)c1cc(Cl)cc(Cl)c1. The normalized spacial score (nSPS) is 11.5. The van der Waals surface area contributed by atoms with Crippen LogP contribution in [0.15, 0.2) is 47.6 Å². The Bertz CT molecular complexity index is 931.